The Bertz CT molecular complexity index is 804. The molecule has 144 valence electrons. The van der Waals surface area contributed by atoms with Crippen LogP contribution in [0.25, 0.3) is 0 Å². The number of halogens is 2. The Morgan fingerprint density at radius 1 is 1.07 bits per heavy atom. The number of aliphatic hydroxyl groups excluding tert-OH is 2. The van der Waals surface area contributed by atoms with Gasteiger partial charge in [0.1, 0.15) is 23.0 Å². The van der Waals surface area contributed by atoms with Gasteiger partial charge in [-0.3, -0.25) is 0 Å². The van der Waals surface area contributed by atoms with Crippen molar-refractivity contribution >= 4 is 0 Å². The second kappa shape index (κ2) is 7.19. The number of benzene rings is 2. The molecule has 0 saturated carbocycles. The van der Waals surface area contributed by atoms with E-state index in [1.54, 1.807) is 18.2 Å². The number of ether oxygens (including phenoxy) is 1. The van der Waals surface area contributed by atoms with Gasteiger partial charge < -0.3 is 19.8 Å². The van der Waals surface area contributed by atoms with Gasteiger partial charge >= 0.3 is 0 Å². The lowest BCUT2D eigenvalue weighted by Crippen LogP contribution is -2.51. The van der Waals surface area contributed by atoms with Crippen LogP contribution in [0.1, 0.15) is 42.6 Å². The maximum atomic E-state index is 13.4. The highest BCUT2D eigenvalue weighted by atomic mass is 19.1. The summed E-state index contributed by atoms with van der Waals surface area (Å²) in [5.74, 6) is -0.147. The number of aliphatic hydroxyl groups is 2. The van der Waals surface area contributed by atoms with Crippen LogP contribution in [-0.4, -0.2) is 40.3 Å². The number of rotatable bonds is 3. The highest BCUT2D eigenvalue weighted by Crippen LogP contribution is 2.44. The Labute approximate surface area is 157 Å². The fraction of sp³-hybridized carbons (Fsp3) is 0.429. The molecule has 2 aliphatic rings. The van der Waals surface area contributed by atoms with E-state index >= 15 is 0 Å². The number of hydrogen-bond acceptors (Lipinski definition) is 4. The van der Waals surface area contributed by atoms with Gasteiger partial charge in [-0.1, -0.05) is 12.1 Å². The molecule has 0 radical (unpaired) electrons. The number of β-amino-alcohol motifs (C(OH)–C–C–N with tert-alkyl or cyclic N) is 1. The predicted molar refractivity (Wildman–Crippen MR) is 96.4 cm³/mol. The summed E-state index contributed by atoms with van der Waals surface area (Å²) in [4.78, 5) is 2.15. The van der Waals surface area contributed by atoms with Crippen molar-refractivity contribution in [2.75, 3.05) is 19.6 Å². The van der Waals surface area contributed by atoms with Crippen molar-refractivity contribution in [1.82, 2.24) is 4.90 Å². The van der Waals surface area contributed by atoms with Gasteiger partial charge in [0.15, 0.2) is 0 Å². The van der Waals surface area contributed by atoms with Crippen LogP contribution in [0.15, 0.2) is 42.5 Å². The van der Waals surface area contributed by atoms with Crippen LogP contribution in [-0.2, 0) is 0 Å². The van der Waals surface area contributed by atoms with Crippen LogP contribution in [0.3, 0.4) is 0 Å². The third kappa shape index (κ3) is 3.83. The zero-order chi connectivity index (χ0) is 19.0. The second-order valence-corrected chi connectivity index (χ2v) is 7.56. The maximum absolute atomic E-state index is 13.4. The van der Waals surface area contributed by atoms with Crippen molar-refractivity contribution in [3.8, 4) is 5.75 Å². The normalized spacial score (nSPS) is 22.9. The minimum Gasteiger partial charge on any atom is -0.487 e. The molecule has 1 fully saturated rings. The van der Waals surface area contributed by atoms with Gasteiger partial charge in [-0.05, 0) is 48.7 Å². The van der Waals surface area contributed by atoms with Crippen LogP contribution < -0.4 is 4.74 Å². The van der Waals surface area contributed by atoms with E-state index in [0.29, 0.717) is 29.8 Å². The highest BCUT2D eigenvalue weighted by Gasteiger charge is 2.43. The SMILES string of the molecule is O[C@H](CN1CCC2(CC1)C[C@H](O)c1cc(F)ccc1O2)c1ccc(F)cc1. The van der Waals surface area contributed by atoms with Crippen LogP contribution >= 0.6 is 0 Å². The van der Waals surface area contributed by atoms with Crippen molar-refractivity contribution < 1.29 is 23.7 Å². The third-order valence-electron chi connectivity index (χ3n) is 5.68. The van der Waals surface area contributed by atoms with Crippen molar-refractivity contribution in [3.05, 3.63) is 65.2 Å². The largest absolute Gasteiger partial charge is 0.487 e. The Hall–Kier alpha value is -2.02. The molecule has 2 N–H and O–H groups in total. The van der Waals surface area contributed by atoms with Crippen molar-refractivity contribution in [1.29, 1.82) is 0 Å². The van der Waals surface area contributed by atoms with Gasteiger partial charge in [0.25, 0.3) is 0 Å². The molecule has 2 aliphatic heterocycles. The van der Waals surface area contributed by atoms with Gasteiger partial charge in [0, 0.05) is 31.6 Å². The van der Waals surface area contributed by atoms with Crippen LogP contribution in [0, 0.1) is 11.6 Å². The topological polar surface area (TPSA) is 52.9 Å². The maximum Gasteiger partial charge on any atom is 0.126 e. The average molecular weight is 375 g/mol. The lowest BCUT2D eigenvalue weighted by atomic mass is 9.81. The van der Waals surface area contributed by atoms with E-state index in [4.69, 9.17) is 4.74 Å². The lowest BCUT2D eigenvalue weighted by Gasteiger charge is -2.46. The number of fused-ring (bicyclic) bond motifs is 1. The van der Waals surface area contributed by atoms with Crippen LogP contribution in [0.2, 0.25) is 0 Å². The monoisotopic (exact) mass is 375 g/mol. The molecule has 6 heteroatoms. The Morgan fingerprint density at radius 3 is 2.44 bits per heavy atom. The van der Waals surface area contributed by atoms with E-state index in [1.165, 1.54) is 24.3 Å². The van der Waals surface area contributed by atoms with Crippen molar-refractivity contribution in [2.45, 2.75) is 37.1 Å². The Kier molecular flexibility index (Phi) is 4.88. The molecule has 0 unspecified atom stereocenters. The summed E-state index contributed by atoms with van der Waals surface area (Å²) in [6.07, 6.45) is 0.466. The van der Waals surface area contributed by atoms with Gasteiger partial charge in [-0.2, -0.15) is 0 Å². The van der Waals surface area contributed by atoms with Crippen molar-refractivity contribution in [3.63, 3.8) is 0 Å². The summed E-state index contributed by atoms with van der Waals surface area (Å²) >= 11 is 0. The first-order chi connectivity index (χ1) is 12.9. The summed E-state index contributed by atoms with van der Waals surface area (Å²) in [5.41, 5.74) is 0.744. The van der Waals surface area contributed by atoms with Gasteiger partial charge in [-0.25, -0.2) is 8.78 Å². The predicted octanol–water partition coefficient (Wildman–Crippen LogP) is 3.35. The molecule has 0 aliphatic carbocycles. The fourth-order valence-corrected chi connectivity index (χ4v) is 4.09. The molecule has 0 amide bonds. The molecule has 0 aromatic heterocycles. The molecule has 0 bridgehead atoms. The molecule has 2 aromatic rings. The molecular formula is C21H23F2NO3. The number of piperidine rings is 1. The molecule has 4 nitrogen and oxygen atoms in total. The summed E-state index contributed by atoms with van der Waals surface area (Å²) in [6, 6.07) is 10.2. The molecule has 2 aromatic carbocycles. The fourth-order valence-electron chi connectivity index (χ4n) is 4.09. The first-order valence-corrected chi connectivity index (χ1v) is 9.27. The average Bonchev–Trinajstić information content (AvgIpc) is 2.65. The lowest BCUT2D eigenvalue weighted by molar-refractivity contribution is -0.0589. The van der Waals surface area contributed by atoms with E-state index in [-0.39, 0.29) is 11.6 Å². The van der Waals surface area contributed by atoms with Crippen LogP contribution in [0.4, 0.5) is 8.78 Å². The molecule has 1 spiro atoms. The van der Waals surface area contributed by atoms with E-state index in [0.717, 1.165) is 25.9 Å². The molecule has 27 heavy (non-hydrogen) atoms. The molecular weight excluding hydrogens is 352 g/mol. The molecule has 1 saturated heterocycles. The molecule has 4 rings (SSSR count). The van der Waals surface area contributed by atoms with E-state index < -0.39 is 17.8 Å². The standard InChI is InChI=1S/C21H23F2NO3/c22-15-3-1-14(2-4-15)19(26)13-24-9-7-21(8-10-24)12-18(25)17-11-16(23)5-6-20(17)27-21/h1-6,11,18-19,25-26H,7-10,12-13H2/t18-,19+/m0/s1. The number of nitrogens with zero attached hydrogens (tertiary/aromatic N) is 1. The number of likely N-dealkylation sites (tertiary alicyclic amines) is 1. The van der Waals surface area contributed by atoms with E-state index in [9.17, 15) is 19.0 Å². The minimum absolute atomic E-state index is 0.320. The summed E-state index contributed by atoms with van der Waals surface area (Å²) in [5, 5.41) is 20.8. The molecule has 2 heterocycles. The first-order valence-electron chi connectivity index (χ1n) is 9.27. The van der Waals surface area contributed by atoms with Gasteiger partial charge in [0.2, 0.25) is 0 Å². The summed E-state index contributed by atoms with van der Waals surface area (Å²) in [6.45, 7) is 1.91. The second-order valence-electron chi connectivity index (χ2n) is 7.56. The molecule has 2 atom stereocenters. The zero-order valence-corrected chi connectivity index (χ0v) is 14.9. The van der Waals surface area contributed by atoms with Gasteiger partial charge in [-0.15, -0.1) is 0 Å². The minimum atomic E-state index is -0.735. The van der Waals surface area contributed by atoms with Crippen molar-refractivity contribution in [2.24, 2.45) is 0 Å². The van der Waals surface area contributed by atoms with Crippen LogP contribution in [0.5, 0.6) is 5.75 Å². The Morgan fingerprint density at radius 2 is 1.74 bits per heavy atom. The summed E-state index contributed by atoms with van der Waals surface area (Å²) < 4.78 is 32.6. The summed E-state index contributed by atoms with van der Waals surface area (Å²) in [7, 11) is 0. The smallest absolute Gasteiger partial charge is 0.126 e. The van der Waals surface area contributed by atoms with E-state index in [1.807, 2.05) is 0 Å². The quantitative estimate of drug-likeness (QED) is 0.864. The first kappa shape index (κ1) is 18.3. The Balaban J connectivity index is 1.39. The van der Waals surface area contributed by atoms with Gasteiger partial charge in [0.05, 0.1) is 12.2 Å². The van der Waals surface area contributed by atoms with E-state index in [2.05, 4.69) is 4.90 Å². The highest BCUT2D eigenvalue weighted by molar-refractivity contribution is 5.38. The third-order valence-corrected chi connectivity index (χ3v) is 5.68. The zero-order valence-electron chi connectivity index (χ0n) is 14.9. The number of hydrogen-bond donors (Lipinski definition) is 2.